The van der Waals surface area contributed by atoms with Gasteiger partial charge in [0.1, 0.15) is 23.6 Å². The van der Waals surface area contributed by atoms with Crippen molar-refractivity contribution in [3.05, 3.63) is 47.2 Å². The molecule has 1 aliphatic rings. The zero-order chi connectivity index (χ0) is 19.0. The molecule has 0 saturated carbocycles. The number of esters is 1. The Kier molecular flexibility index (Phi) is 4.55. The summed E-state index contributed by atoms with van der Waals surface area (Å²) in [7, 11) is 0. The van der Waals surface area contributed by atoms with Gasteiger partial charge in [0.2, 0.25) is 0 Å². The number of carbonyl (C=O) groups excluding carboxylic acids is 1. The van der Waals surface area contributed by atoms with Gasteiger partial charge in [-0.25, -0.2) is 18.5 Å². The van der Waals surface area contributed by atoms with Gasteiger partial charge >= 0.3 is 5.97 Å². The maximum Gasteiger partial charge on any atom is 0.317 e. The second-order valence-electron chi connectivity index (χ2n) is 6.24. The first-order valence-electron chi connectivity index (χ1n) is 8.02. The molecule has 0 radical (unpaired) electrons. The number of aliphatic imine (C=N–C) groups is 1. The Morgan fingerprint density at radius 3 is 2.77 bits per heavy atom. The fourth-order valence-corrected chi connectivity index (χ4v) is 3.02. The number of aromatic nitrogens is 2. The summed E-state index contributed by atoms with van der Waals surface area (Å²) < 4.78 is 34.9. The predicted octanol–water partition coefficient (Wildman–Crippen LogP) is 3.30. The standard InChI is InChI=1S/C18H16F2N4O2/c1-9(2)26-18(25)14-10(3)23-17-11(7-21)8-22-24(17)16(14)12-5-4-6-13(19)15(12)20/h4-6,8-9,14,16H,1-3H3. The van der Waals surface area contributed by atoms with Crippen molar-refractivity contribution in [2.45, 2.75) is 32.9 Å². The summed E-state index contributed by atoms with van der Waals surface area (Å²) in [5.74, 6) is -3.52. The Balaban J connectivity index is 2.22. The maximum atomic E-state index is 14.5. The normalized spacial score (nSPS) is 18.9. The smallest absolute Gasteiger partial charge is 0.317 e. The molecule has 0 fully saturated rings. The number of hydrogen-bond donors (Lipinski definition) is 0. The highest BCUT2D eigenvalue weighted by Crippen LogP contribution is 2.39. The number of nitrogens with zero attached hydrogens (tertiary/aromatic N) is 4. The van der Waals surface area contributed by atoms with Crippen LogP contribution in [0.1, 0.15) is 37.9 Å². The lowest BCUT2D eigenvalue weighted by Crippen LogP contribution is -2.38. The van der Waals surface area contributed by atoms with Crippen molar-refractivity contribution in [1.82, 2.24) is 9.78 Å². The highest BCUT2D eigenvalue weighted by Gasteiger charge is 2.42. The van der Waals surface area contributed by atoms with Crippen LogP contribution in [0.2, 0.25) is 0 Å². The largest absolute Gasteiger partial charge is 0.462 e. The predicted molar refractivity (Wildman–Crippen MR) is 88.9 cm³/mol. The van der Waals surface area contributed by atoms with Gasteiger partial charge in [0.05, 0.1) is 12.3 Å². The van der Waals surface area contributed by atoms with Crippen LogP contribution in [0.3, 0.4) is 0 Å². The summed E-state index contributed by atoms with van der Waals surface area (Å²) in [4.78, 5) is 17.0. The average Bonchev–Trinajstić information content (AvgIpc) is 2.98. The first kappa shape index (κ1) is 17.7. The molecule has 0 amide bonds. The van der Waals surface area contributed by atoms with E-state index in [4.69, 9.17) is 4.74 Å². The van der Waals surface area contributed by atoms with Gasteiger partial charge in [-0.1, -0.05) is 12.1 Å². The highest BCUT2D eigenvalue weighted by atomic mass is 19.2. The quantitative estimate of drug-likeness (QED) is 0.789. The van der Waals surface area contributed by atoms with Crippen LogP contribution in [0.5, 0.6) is 0 Å². The minimum Gasteiger partial charge on any atom is -0.462 e. The number of nitriles is 1. The van der Waals surface area contributed by atoms with Crippen LogP contribution in [0.15, 0.2) is 29.4 Å². The molecule has 6 nitrogen and oxygen atoms in total. The van der Waals surface area contributed by atoms with E-state index in [2.05, 4.69) is 10.1 Å². The molecule has 26 heavy (non-hydrogen) atoms. The first-order valence-corrected chi connectivity index (χ1v) is 8.02. The summed E-state index contributed by atoms with van der Waals surface area (Å²) in [6.07, 6.45) is 0.897. The van der Waals surface area contributed by atoms with Crippen LogP contribution in [0.25, 0.3) is 0 Å². The molecule has 3 rings (SSSR count). The molecule has 0 saturated heterocycles. The average molecular weight is 358 g/mol. The molecular formula is C18H16F2N4O2. The second-order valence-corrected chi connectivity index (χ2v) is 6.24. The highest BCUT2D eigenvalue weighted by molar-refractivity contribution is 6.03. The first-order chi connectivity index (χ1) is 12.3. The topological polar surface area (TPSA) is 80.3 Å². The van der Waals surface area contributed by atoms with Crippen LogP contribution < -0.4 is 0 Å². The number of rotatable bonds is 3. The molecular weight excluding hydrogens is 342 g/mol. The lowest BCUT2D eigenvalue weighted by atomic mass is 9.87. The van der Waals surface area contributed by atoms with E-state index in [9.17, 15) is 18.8 Å². The Morgan fingerprint density at radius 2 is 2.12 bits per heavy atom. The summed E-state index contributed by atoms with van der Waals surface area (Å²) in [5.41, 5.74) is 0.467. The summed E-state index contributed by atoms with van der Waals surface area (Å²) in [6, 6.07) is 4.68. The van der Waals surface area contributed by atoms with E-state index in [1.165, 1.54) is 23.0 Å². The molecule has 0 N–H and O–H groups in total. The van der Waals surface area contributed by atoms with Crippen molar-refractivity contribution < 1.29 is 18.3 Å². The van der Waals surface area contributed by atoms with Crippen LogP contribution >= 0.6 is 0 Å². The molecule has 134 valence electrons. The van der Waals surface area contributed by atoms with Crippen LogP contribution in [0.4, 0.5) is 14.6 Å². The minimum atomic E-state index is -1.07. The van der Waals surface area contributed by atoms with Crippen LogP contribution in [-0.4, -0.2) is 27.6 Å². The Labute approximate surface area is 148 Å². The van der Waals surface area contributed by atoms with Gasteiger partial charge in [-0.15, -0.1) is 0 Å². The number of carbonyl (C=O) groups is 1. The molecule has 2 heterocycles. The van der Waals surface area contributed by atoms with Crippen LogP contribution in [0, 0.1) is 28.9 Å². The van der Waals surface area contributed by atoms with Gasteiger partial charge in [0.25, 0.3) is 0 Å². The number of halogens is 2. The van der Waals surface area contributed by atoms with E-state index in [-0.39, 0.29) is 23.0 Å². The maximum absolute atomic E-state index is 14.5. The Hall–Kier alpha value is -3.08. The van der Waals surface area contributed by atoms with Crippen molar-refractivity contribution in [3.63, 3.8) is 0 Å². The van der Waals surface area contributed by atoms with Gasteiger partial charge < -0.3 is 4.74 Å². The SMILES string of the molecule is CC1=Nc2c(C#N)cnn2C(c2cccc(F)c2F)C1C(=O)OC(C)C. The van der Waals surface area contributed by atoms with E-state index >= 15 is 0 Å². The third-order valence-electron chi connectivity index (χ3n) is 4.11. The molecule has 1 aromatic heterocycles. The van der Waals surface area contributed by atoms with Gasteiger partial charge in [0.15, 0.2) is 17.5 Å². The zero-order valence-corrected chi connectivity index (χ0v) is 14.4. The van der Waals surface area contributed by atoms with E-state index < -0.39 is 29.6 Å². The van der Waals surface area contributed by atoms with Gasteiger partial charge in [-0.05, 0) is 26.8 Å². The van der Waals surface area contributed by atoms with Crippen molar-refractivity contribution in [3.8, 4) is 6.07 Å². The van der Waals surface area contributed by atoms with E-state index in [1.807, 2.05) is 6.07 Å². The zero-order valence-electron chi connectivity index (χ0n) is 14.4. The molecule has 8 heteroatoms. The molecule has 0 bridgehead atoms. The van der Waals surface area contributed by atoms with Gasteiger partial charge in [0, 0.05) is 11.3 Å². The molecule has 2 atom stereocenters. The third kappa shape index (κ3) is 2.86. The number of hydrogen-bond acceptors (Lipinski definition) is 5. The van der Waals surface area contributed by atoms with Crippen molar-refractivity contribution >= 4 is 17.5 Å². The number of fused-ring (bicyclic) bond motifs is 1. The molecule has 0 aliphatic carbocycles. The molecule has 2 unspecified atom stereocenters. The molecule has 2 aromatic rings. The number of ether oxygens (including phenoxy) is 1. The fraction of sp³-hybridized carbons (Fsp3) is 0.333. The molecule has 1 aromatic carbocycles. The van der Waals surface area contributed by atoms with Crippen molar-refractivity contribution in [1.29, 1.82) is 5.26 Å². The summed E-state index contributed by atoms with van der Waals surface area (Å²) in [5, 5.41) is 13.3. The molecule has 0 spiro atoms. The summed E-state index contributed by atoms with van der Waals surface area (Å²) in [6.45, 7) is 4.98. The fourth-order valence-electron chi connectivity index (χ4n) is 3.02. The van der Waals surface area contributed by atoms with Gasteiger partial charge in [-0.3, -0.25) is 4.79 Å². The van der Waals surface area contributed by atoms with Gasteiger partial charge in [-0.2, -0.15) is 10.4 Å². The van der Waals surface area contributed by atoms with E-state index in [1.54, 1.807) is 20.8 Å². The van der Waals surface area contributed by atoms with Crippen molar-refractivity contribution in [2.24, 2.45) is 10.9 Å². The Morgan fingerprint density at radius 1 is 1.38 bits per heavy atom. The second kappa shape index (κ2) is 6.67. The number of benzene rings is 1. The van der Waals surface area contributed by atoms with Crippen molar-refractivity contribution in [2.75, 3.05) is 0 Å². The lowest BCUT2D eigenvalue weighted by molar-refractivity contribution is -0.151. The van der Waals surface area contributed by atoms with E-state index in [0.717, 1.165) is 6.07 Å². The monoisotopic (exact) mass is 358 g/mol. The third-order valence-corrected chi connectivity index (χ3v) is 4.11. The lowest BCUT2D eigenvalue weighted by Gasteiger charge is -2.31. The molecule has 1 aliphatic heterocycles. The van der Waals surface area contributed by atoms with E-state index in [0.29, 0.717) is 5.71 Å². The van der Waals surface area contributed by atoms with Crippen LogP contribution in [-0.2, 0) is 9.53 Å². The summed E-state index contributed by atoms with van der Waals surface area (Å²) >= 11 is 0. The Bertz CT molecular complexity index is 943. The minimum absolute atomic E-state index is 0.0567.